The van der Waals surface area contributed by atoms with E-state index in [4.69, 9.17) is 4.74 Å². The second-order valence-corrected chi connectivity index (χ2v) is 21.0. The largest absolute Gasteiger partial charge is 0.466 e. The Morgan fingerprint density at radius 1 is 0.412 bits per heavy atom. The quantitative estimate of drug-likeness (QED) is 0.0321. The Kier molecular flexibility index (Phi) is 56.5. The molecule has 0 aromatic carbocycles. The molecule has 68 heavy (non-hydrogen) atoms. The third kappa shape index (κ3) is 53.7. The number of esters is 1. The molecule has 2 unspecified atom stereocenters. The molecule has 0 aromatic rings. The van der Waals surface area contributed by atoms with Crippen LogP contribution in [0, 0.1) is 0 Å². The molecule has 2 atom stereocenters. The van der Waals surface area contributed by atoms with Crippen molar-refractivity contribution in [2.75, 3.05) is 13.2 Å². The van der Waals surface area contributed by atoms with Crippen molar-refractivity contribution >= 4 is 11.9 Å². The zero-order valence-corrected chi connectivity index (χ0v) is 45.9. The first-order valence-electron chi connectivity index (χ1n) is 30.6. The van der Waals surface area contributed by atoms with Crippen LogP contribution in [0.15, 0.2) is 24.3 Å². The molecule has 402 valence electrons. The summed E-state index contributed by atoms with van der Waals surface area (Å²) in [6, 6.07) is -0.543. The van der Waals surface area contributed by atoms with Gasteiger partial charge in [0, 0.05) is 12.8 Å². The number of aliphatic hydroxyl groups is 2. The van der Waals surface area contributed by atoms with Crippen LogP contribution in [-0.4, -0.2) is 47.4 Å². The summed E-state index contributed by atoms with van der Waals surface area (Å²) < 4.78 is 5.48. The van der Waals surface area contributed by atoms with E-state index in [1.165, 1.54) is 250 Å². The van der Waals surface area contributed by atoms with Crippen molar-refractivity contribution in [2.45, 2.75) is 347 Å². The molecule has 6 nitrogen and oxygen atoms in total. The summed E-state index contributed by atoms with van der Waals surface area (Å²) in [5.41, 5.74) is 0. The maximum absolute atomic E-state index is 12.5. The second-order valence-electron chi connectivity index (χ2n) is 21.0. The van der Waals surface area contributed by atoms with Crippen molar-refractivity contribution in [3.05, 3.63) is 24.3 Å². The van der Waals surface area contributed by atoms with Gasteiger partial charge in [0.05, 0.1) is 25.4 Å². The van der Waals surface area contributed by atoms with Gasteiger partial charge in [0.15, 0.2) is 0 Å². The predicted octanol–water partition coefficient (Wildman–Crippen LogP) is 19.0. The third-order valence-electron chi connectivity index (χ3n) is 14.3. The van der Waals surface area contributed by atoms with Gasteiger partial charge in [-0.2, -0.15) is 0 Å². The summed E-state index contributed by atoms with van der Waals surface area (Å²) >= 11 is 0. The average molecular weight is 959 g/mol. The fourth-order valence-corrected chi connectivity index (χ4v) is 9.55. The smallest absolute Gasteiger partial charge is 0.305 e. The predicted molar refractivity (Wildman–Crippen MR) is 296 cm³/mol. The van der Waals surface area contributed by atoms with Gasteiger partial charge >= 0.3 is 5.97 Å². The number of amides is 1. The monoisotopic (exact) mass is 958 g/mol. The molecule has 0 saturated heterocycles. The molecule has 0 aliphatic carbocycles. The summed E-state index contributed by atoms with van der Waals surface area (Å²) in [6.45, 7) is 4.94. The topological polar surface area (TPSA) is 95.9 Å². The van der Waals surface area contributed by atoms with Crippen molar-refractivity contribution in [2.24, 2.45) is 0 Å². The first kappa shape index (κ1) is 66.3. The van der Waals surface area contributed by atoms with Gasteiger partial charge in [-0.1, -0.05) is 289 Å². The SMILES string of the molecule is CCCCC/C=C\C/C=C\CCCCCCCC(=O)OCCCCCCCCCCCCCCCCCCCCCCC(=O)NC(CO)C(O)CCCCCCCCCCCCCCCCCC. The molecule has 0 rings (SSSR count). The standard InChI is InChI=1S/C62H119NO5/c1-3-5-7-9-11-13-15-17-19-27-30-34-38-42-46-50-54-60(65)59(58-64)63-61(66)55-51-47-43-39-35-31-28-24-22-20-21-23-25-29-33-37-41-45-49-53-57-68-62(67)56-52-48-44-40-36-32-26-18-16-14-12-10-8-6-4-2/h12,14,18,26,59-60,64-65H,3-11,13,15-17,19-25,27-58H2,1-2H3,(H,63,66)/b14-12-,26-18-. The van der Waals surface area contributed by atoms with Crippen LogP contribution < -0.4 is 5.32 Å². The van der Waals surface area contributed by atoms with E-state index in [9.17, 15) is 19.8 Å². The zero-order chi connectivity index (χ0) is 49.3. The number of allylic oxidation sites excluding steroid dienone is 4. The number of nitrogens with one attached hydrogen (secondary N) is 1. The van der Waals surface area contributed by atoms with Crippen molar-refractivity contribution in [1.82, 2.24) is 5.32 Å². The van der Waals surface area contributed by atoms with Crippen LogP contribution in [0.25, 0.3) is 0 Å². The van der Waals surface area contributed by atoms with Crippen LogP contribution in [0.4, 0.5) is 0 Å². The Morgan fingerprint density at radius 2 is 0.735 bits per heavy atom. The number of aliphatic hydroxyl groups excluding tert-OH is 2. The van der Waals surface area contributed by atoms with E-state index in [2.05, 4.69) is 43.5 Å². The van der Waals surface area contributed by atoms with Crippen LogP contribution in [0.5, 0.6) is 0 Å². The molecular formula is C62H119NO5. The molecule has 0 heterocycles. The first-order chi connectivity index (χ1) is 33.5. The normalized spacial score (nSPS) is 12.7. The van der Waals surface area contributed by atoms with Crippen molar-refractivity contribution < 1.29 is 24.5 Å². The van der Waals surface area contributed by atoms with Crippen molar-refractivity contribution in [3.8, 4) is 0 Å². The van der Waals surface area contributed by atoms with Crippen LogP contribution in [0.2, 0.25) is 0 Å². The molecule has 1 amide bonds. The van der Waals surface area contributed by atoms with E-state index in [-0.39, 0.29) is 18.5 Å². The minimum atomic E-state index is -0.666. The van der Waals surface area contributed by atoms with Crippen LogP contribution in [-0.2, 0) is 14.3 Å². The Hall–Kier alpha value is -1.66. The lowest BCUT2D eigenvalue weighted by Gasteiger charge is -2.22. The molecule has 0 bridgehead atoms. The van der Waals surface area contributed by atoms with E-state index in [1.54, 1.807) is 0 Å². The van der Waals surface area contributed by atoms with E-state index in [1.807, 2.05) is 0 Å². The summed E-state index contributed by atoms with van der Waals surface area (Å²) in [5.74, 6) is -0.0379. The Bertz CT molecular complexity index is 1060. The van der Waals surface area contributed by atoms with Gasteiger partial charge in [-0.25, -0.2) is 0 Å². The van der Waals surface area contributed by atoms with Crippen molar-refractivity contribution in [1.29, 1.82) is 0 Å². The molecule has 3 N–H and O–H groups in total. The first-order valence-corrected chi connectivity index (χ1v) is 30.6. The van der Waals surface area contributed by atoms with Gasteiger partial charge in [0.25, 0.3) is 0 Å². The summed E-state index contributed by atoms with van der Waals surface area (Å²) in [5, 5.41) is 23.3. The Morgan fingerprint density at radius 3 is 1.15 bits per heavy atom. The van der Waals surface area contributed by atoms with E-state index in [0.29, 0.717) is 25.9 Å². The maximum atomic E-state index is 12.5. The molecule has 0 saturated carbocycles. The fraction of sp³-hybridized carbons (Fsp3) is 0.903. The van der Waals surface area contributed by atoms with Gasteiger partial charge in [-0.3, -0.25) is 9.59 Å². The van der Waals surface area contributed by atoms with Gasteiger partial charge in [0.2, 0.25) is 5.91 Å². The lowest BCUT2D eigenvalue weighted by molar-refractivity contribution is -0.143. The number of carbonyl (C=O) groups excluding carboxylic acids is 2. The molecule has 0 radical (unpaired) electrons. The molecular weight excluding hydrogens is 839 g/mol. The number of ether oxygens (including phenoxy) is 1. The fourth-order valence-electron chi connectivity index (χ4n) is 9.55. The minimum absolute atomic E-state index is 0.00295. The molecule has 0 aliphatic rings. The highest BCUT2D eigenvalue weighted by molar-refractivity contribution is 5.76. The molecule has 0 aromatic heterocycles. The van der Waals surface area contributed by atoms with Crippen molar-refractivity contribution in [3.63, 3.8) is 0 Å². The lowest BCUT2D eigenvalue weighted by Crippen LogP contribution is -2.45. The molecule has 0 aliphatic heterocycles. The second kappa shape index (κ2) is 57.9. The zero-order valence-electron chi connectivity index (χ0n) is 45.9. The highest BCUT2D eigenvalue weighted by atomic mass is 16.5. The van der Waals surface area contributed by atoms with E-state index >= 15 is 0 Å². The maximum Gasteiger partial charge on any atom is 0.305 e. The number of rotatable bonds is 57. The van der Waals surface area contributed by atoms with Gasteiger partial charge in [0.1, 0.15) is 0 Å². The lowest BCUT2D eigenvalue weighted by atomic mass is 10.0. The van der Waals surface area contributed by atoms with Crippen LogP contribution in [0.3, 0.4) is 0 Å². The molecule has 6 heteroatoms. The average Bonchev–Trinajstić information content (AvgIpc) is 3.34. The molecule has 0 spiro atoms. The van der Waals surface area contributed by atoms with Gasteiger partial charge in [-0.15, -0.1) is 0 Å². The number of unbranched alkanes of at least 4 members (excludes halogenated alkanes) is 42. The summed E-state index contributed by atoms with van der Waals surface area (Å²) in [4.78, 5) is 24.5. The van der Waals surface area contributed by atoms with Crippen LogP contribution >= 0.6 is 0 Å². The number of hydrogen-bond donors (Lipinski definition) is 3. The third-order valence-corrected chi connectivity index (χ3v) is 14.3. The number of hydrogen-bond acceptors (Lipinski definition) is 5. The van der Waals surface area contributed by atoms with Gasteiger partial charge < -0.3 is 20.3 Å². The Balaban J connectivity index is 3.39. The number of carbonyl (C=O) groups is 2. The summed E-state index contributed by atoms with van der Waals surface area (Å²) in [6.07, 6.45) is 70.3. The highest BCUT2D eigenvalue weighted by Gasteiger charge is 2.20. The highest BCUT2D eigenvalue weighted by Crippen LogP contribution is 2.18. The van der Waals surface area contributed by atoms with E-state index < -0.39 is 12.1 Å². The molecule has 0 fully saturated rings. The Labute approximate surface area is 424 Å². The van der Waals surface area contributed by atoms with Gasteiger partial charge in [-0.05, 0) is 57.8 Å². The summed E-state index contributed by atoms with van der Waals surface area (Å²) in [7, 11) is 0. The van der Waals surface area contributed by atoms with Crippen LogP contribution in [0.1, 0.15) is 335 Å². The van der Waals surface area contributed by atoms with E-state index in [0.717, 1.165) is 51.4 Å². The minimum Gasteiger partial charge on any atom is -0.466 e.